The van der Waals surface area contributed by atoms with Crippen LogP contribution in [0, 0.1) is 11.8 Å². The third-order valence-electron chi connectivity index (χ3n) is 7.99. The van der Waals surface area contributed by atoms with E-state index in [-0.39, 0.29) is 5.60 Å². The number of aryl methyl sites for hydroxylation is 1. The highest BCUT2D eigenvalue weighted by molar-refractivity contribution is 5.41. The lowest BCUT2D eigenvalue weighted by molar-refractivity contribution is -0.277. The van der Waals surface area contributed by atoms with Gasteiger partial charge in [-0.3, -0.25) is 0 Å². The molecule has 4 aliphatic rings. The van der Waals surface area contributed by atoms with Gasteiger partial charge in [-0.2, -0.15) is 0 Å². The summed E-state index contributed by atoms with van der Waals surface area (Å²) in [4.78, 5) is 0. The minimum Gasteiger partial charge on any atom is -0.462 e. The van der Waals surface area contributed by atoms with Crippen molar-refractivity contribution in [1.82, 2.24) is 0 Å². The molecule has 9 atom stereocenters. The van der Waals surface area contributed by atoms with Crippen LogP contribution in [0.15, 0.2) is 18.2 Å². The summed E-state index contributed by atoms with van der Waals surface area (Å²) in [5.74, 6) is 2.40. The summed E-state index contributed by atoms with van der Waals surface area (Å²) in [6.45, 7) is 2.69. The average molecular weight is 421 g/mol. The van der Waals surface area contributed by atoms with Crippen LogP contribution in [0.4, 0.5) is 0 Å². The molecule has 2 saturated heterocycles. The fourth-order valence-electron chi connectivity index (χ4n) is 6.34. The van der Waals surface area contributed by atoms with Gasteiger partial charge in [-0.1, -0.05) is 6.07 Å². The van der Waals surface area contributed by atoms with Gasteiger partial charge < -0.3 is 34.6 Å². The van der Waals surface area contributed by atoms with Crippen LogP contribution in [-0.4, -0.2) is 69.9 Å². The molecule has 3 unspecified atom stereocenters. The second kappa shape index (κ2) is 7.73. The molecule has 1 saturated carbocycles. The van der Waals surface area contributed by atoms with Gasteiger partial charge in [-0.15, -0.1) is 0 Å². The van der Waals surface area contributed by atoms with Crippen LogP contribution >= 0.6 is 0 Å². The Bertz CT molecular complexity index is 783. The fraction of sp³-hybridized carbons (Fsp3) is 0.739. The van der Waals surface area contributed by atoms with Crippen molar-refractivity contribution in [3.63, 3.8) is 0 Å². The van der Waals surface area contributed by atoms with E-state index < -0.39 is 37.3 Å². The number of aliphatic hydroxyl groups excluding tert-OH is 4. The molecule has 0 bridgehead atoms. The smallest absolute Gasteiger partial charge is 0.229 e. The van der Waals surface area contributed by atoms with Crippen molar-refractivity contribution >= 4 is 0 Å². The van der Waals surface area contributed by atoms with Crippen LogP contribution in [0.5, 0.6) is 5.75 Å². The summed E-state index contributed by atoms with van der Waals surface area (Å²) in [5, 5.41) is 39.5. The Morgan fingerprint density at radius 2 is 1.93 bits per heavy atom. The van der Waals surface area contributed by atoms with Crippen molar-refractivity contribution in [2.45, 2.75) is 81.3 Å². The van der Waals surface area contributed by atoms with E-state index in [4.69, 9.17) is 14.2 Å². The van der Waals surface area contributed by atoms with Gasteiger partial charge in [0.05, 0.1) is 12.2 Å². The highest BCUT2D eigenvalue weighted by Crippen LogP contribution is 2.55. The molecule has 0 radical (unpaired) electrons. The fourth-order valence-corrected chi connectivity index (χ4v) is 6.34. The van der Waals surface area contributed by atoms with Crippen LogP contribution in [0.3, 0.4) is 0 Å². The minimum atomic E-state index is -1.44. The molecule has 1 aromatic carbocycles. The second-order valence-electron chi connectivity index (χ2n) is 9.58. The molecule has 0 aromatic heterocycles. The molecular weight excluding hydrogens is 388 g/mol. The Hall–Kier alpha value is -1.22. The van der Waals surface area contributed by atoms with E-state index in [1.807, 2.05) is 12.1 Å². The van der Waals surface area contributed by atoms with Crippen LogP contribution < -0.4 is 4.74 Å². The van der Waals surface area contributed by atoms with Gasteiger partial charge in [-0.25, -0.2) is 0 Å². The first kappa shape index (κ1) is 20.7. The Labute approximate surface area is 176 Å². The summed E-state index contributed by atoms with van der Waals surface area (Å²) in [7, 11) is 0. The molecule has 5 rings (SSSR count). The molecule has 166 valence electrons. The molecule has 3 fully saturated rings. The second-order valence-corrected chi connectivity index (χ2v) is 9.58. The molecule has 0 spiro atoms. The summed E-state index contributed by atoms with van der Waals surface area (Å²) in [5.41, 5.74) is 2.70. The molecule has 2 heterocycles. The van der Waals surface area contributed by atoms with Crippen molar-refractivity contribution in [3.05, 3.63) is 29.3 Å². The van der Waals surface area contributed by atoms with Gasteiger partial charge in [0.1, 0.15) is 30.2 Å². The Morgan fingerprint density at radius 1 is 1.10 bits per heavy atom. The van der Waals surface area contributed by atoms with Crippen molar-refractivity contribution < 1.29 is 34.6 Å². The predicted octanol–water partition coefficient (Wildman–Crippen LogP) is 1.10. The van der Waals surface area contributed by atoms with Crippen molar-refractivity contribution in [3.8, 4) is 5.75 Å². The SMILES string of the molecule is C[C@]12CCC3c4ccc(O[C@@H]5O[C@H](CO)[C@@H](O)[C@H](O)[C@H]5O)cc4CCC3C1CCO2. The maximum Gasteiger partial charge on any atom is 0.229 e. The molecule has 1 aromatic rings. The van der Waals surface area contributed by atoms with Gasteiger partial charge in [0.2, 0.25) is 6.29 Å². The molecule has 7 heteroatoms. The van der Waals surface area contributed by atoms with Gasteiger partial charge in [0, 0.05) is 6.61 Å². The lowest BCUT2D eigenvalue weighted by Gasteiger charge is -2.48. The number of rotatable bonds is 3. The maximum absolute atomic E-state index is 10.2. The van der Waals surface area contributed by atoms with Crippen LogP contribution in [-0.2, 0) is 15.9 Å². The van der Waals surface area contributed by atoms with E-state index in [1.54, 1.807) is 0 Å². The number of fused-ring (bicyclic) bond motifs is 5. The van der Waals surface area contributed by atoms with E-state index in [0.29, 0.717) is 23.5 Å². The van der Waals surface area contributed by atoms with Crippen LogP contribution in [0.25, 0.3) is 0 Å². The topological polar surface area (TPSA) is 109 Å². The molecule has 4 N–H and O–H groups in total. The number of ether oxygens (including phenoxy) is 3. The average Bonchev–Trinajstić information content (AvgIpc) is 3.15. The third-order valence-corrected chi connectivity index (χ3v) is 7.99. The first-order valence-electron chi connectivity index (χ1n) is 11.2. The van der Waals surface area contributed by atoms with Gasteiger partial charge >= 0.3 is 0 Å². The van der Waals surface area contributed by atoms with E-state index in [9.17, 15) is 20.4 Å². The molecular formula is C23H32O7. The monoisotopic (exact) mass is 420 g/mol. The number of hydrogen-bond acceptors (Lipinski definition) is 7. The summed E-state index contributed by atoms with van der Waals surface area (Å²) >= 11 is 0. The van der Waals surface area contributed by atoms with Crippen molar-refractivity contribution in [1.29, 1.82) is 0 Å². The van der Waals surface area contributed by atoms with Gasteiger partial charge in [-0.05, 0) is 80.0 Å². The lowest BCUT2D eigenvalue weighted by Crippen LogP contribution is -2.60. The zero-order valence-corrected chi connectivity index (χ0v) is 17.3. The molecule has 2 aliphatic carbocycles. The zero-order chi connectivity index (χ0) is 21.0. The first-order chi connectivity index (χ1) is 14.4. The van der Waals surface area contributed by atoms with E-state index in [1.165, 1.54) is 11.1 Å². The molecule has 0 amide bonds. The molecule has 30 heavy (non-hydrogen) atoms. The van der Waals surface area contributed by atoms with Gasteiger partial charge in [0.25, 0.3) is 0 Å². The first-order valence-corrected chi connectivity index (χ1v) is 11.2. The van der Waals surface area contributed by atoms with E-state index in [2.05, 4.69) is 13.0 Å². The maximum atomic E-state index is 10.2. The van der Waals surface area contributed by atoms with E-state index in [0.717, 1.165) is 38.7 Å². The predicted molar refractivity (Wildman–Crippen MR) is 107 cm³/mol. The van der Waals surface area contributed by atoms with Crippen molar-refractivity contribution in [2.24, 2.45) is 11.8 Å². The minimum absolute atomic E-state index is 0.0465. The van der Waals surface area contributed by atoms with E-state index >= 15 is 0 Å². The Morgan fingerprint density at radius 3 is 2.73 bits per heavy atom. The zero-order valence-electron chi connectivity index (χ0n) is 17.3. The quantitative estimate of drug-likeness (QED) is 0.580. The van der Waals surface area contributed by atoms with Crippen molar-refractivity contribution in [2.75, 3.05) is 13.2 Å². The Balaban J connectivity index is 1.34. The Kier molecular flexibility index (Phi) is 5.32. The normalized spacial score (nSPS) is 45.4. The number of aliphatic hydroxyl groups is 4. The van der Waals surface area contributed by atoms with Crippen LogP contribution in [0.2, 0.25) is 0 Å². The summed E-state index contributed by atoms with van der Waals surface area (Å²) in [6.07, 6.45) is -0.838. The van der Waals surface area contributed by atoms with Crippen LogP contribution in [0.1, 0.15) is 49.7 Å². The molecule has 7 nitrogen and oxygen atoms in total. The molecule has 2 aliphatic heterocycles. The standard InChI is InChI=1S/C23H32O7/c1-23-8-6-15-14-5-3-13(10-12(14)2-4-16(15)17(23)7-9-28-23)29-22-21(27)20(26)19(25)18(11-24)30-22/h3,5,10,15-22,24-27H,2,4,6-9,11H2,1H3/t15?,16?,17?,18-,19-,20+,21-,22-,23+/m1/s1. The number of benzene rings is 1. The van der Waals surface area contributed by atoms with Gasteiger partial charge in [0.15, 0.2) is 0 Å². The largest absolute Gasteiger partial charge is 0.462 e. The summed E-state index contributed by atoms with van der Waals surface area (Å²) in [6, 6.07) is 6.03. The highest BCUT2D eigenvalue weighted by atomic mass is 16.7. The highest BCUT2D eigenvalue weighted by Gasteiger charge is 2.51. The summed E-state index contributed by atoms with van der Waals surface area (Å²) < 4.78 is 17.4. The lowest BCUT2D eigenvalue weighted by atomic mass is 9.59. The third kappa shape index (κ3) is 3.27. The number of hydrogen-bond donors (Lipinski definition) is 4.